The standard InChI is InChI=1S/C17H25F3N2O4/c1-4-7-25-15(23)10-8-12(21)14(22-16(24)17(18,19)20)13(9-10)26-11(5-2)6-3/h4,9,11-14H,1,5-8,21H2,2-3H3,(H,22,24)/t12-,13+,14+/m0/s1. The summed E-state index contributed by atoms with van der Waals surface area (Å²) in [5.41, 5.74) is 6.15. The Morgan fingerprint density at radius 3 is 2.54 bits per heavy atom. The molecular weight excluding hydrogens is 353 g/mol. The average molecular weight is 378 g/mol. The number of carbonyl (C=O) groups is 2. The largest absolute Gasteiger partial charge is 0.471 e. The van der Waals surface area contributed by atoms with Gasteiger partial charge in [0.25, 0.3) is 0 Å². The smallest absolute Gasteiger partial charge is 0.458 e. The number of hydrogen-bond acceptors (Lipinski definition) is 5. The molecule has 9 heteroatoms. The number of ether oxygens (including phenoxy) is 2. The number of halogens is 3. The van der Waals surface area contributed by atoms with Crippen LogP contribution in [0.25, 0.3) is 0 Å². The molecule has 0 aromatic carbocycles. The molecule has 0 spiro atoms. The zero-order chi connectivity index (χ0) is 19.9. The van der Waals surface area contributed by atoms with E-state index in [1.54, 1.807) is 0 Å². The summed E-state index contributed by atoms with van der Waals surface area (Å²) in [5.74, 6) is -2.73. The average Bonchev–Trinajstić information content (AvgIpc) is 2.58. The van der Waals surface area contributed by atoms with Crippen LogP contribution in [0.5, 0.6) is 0 Å². The van der Waals surface area contributed by atoms with Gasteiger partial charge >= 0.3 is 18.1 Å². The van der Waals surface area contributed by atoms with Crippen LogP contribution in [0.3, 0.4) is 0 Å². The second-order valence-corrected chi connectivity index (χ2v) is 5.98. The highest BCUT2D eigenvalue weighted by molar-refractivity contribution is 5.89. The molecule has 0 bridgehead atoms. The fourth-order valence-corrected chi connectivity index (χ4v) is 2.62. The van der Waals surface area contributed by atoms with Crippen LogP contribution in [0.15, 0.2) is 24.3 Å². The summed E-state index contributed by atoms with van der Waals surface area (Å²) in [6, 6.07) is -2.04. The molecule has 3 N–H and O–H groups in total. The van der Waals surface area contributed by atoms with E-state index in [4.69, 9.17) is 15.2 Å². The SMILES string of the molecule is C=CCOC(=O)C1=C[C@@H](OC(CC)CC)[C@H](NC(=O)C(F)(F)F)[C@@H](N)C1. The van der Waals surface area contributed by atoms with E-state index in [-0.39, 0.29) is 24.7 Å². The lowest BCUT2D eigenvalue weighted by atomic mass is 9.88. The number of alkyl halides is 3. The Labute approximate surface area is 150 Å². The summed E-state index contributed by atoms with van der Waals surface area (Å²) < 4.78 is 48.6. The monoisotopic (exact) mass is 378 g/mol. The van der Waals surface area contributed by atoms with Gasteiger partial charge in [-0.15, -0.1) is 0 Å². The third-order valence-corrected chi connectivity index (χ3v) is 4.05. The molecule has 1 rings (SSSR count). The maximum absolute atomic E-state index is 12.6. The van der Waals surface area contributed by atoms with Crippen LogP contribution in [-0.2, 0) is 19.1 Å². The lowest BCUT2D eigenvalue weighted by Crippen LogP contribution is -2.59. The number of hydrogen-bond donors (Lipinski definition) is 2. The lowest BCUT2D eigenvalue weighted by molar-refractivity contribution is -0.175. The van der Waals surface area contributed by atoms with E-state index < -0.39 is 36.2 Å². The molecule has 0 unspecified atom stereocenters. The maximum Gasteiger partial charge on any atom is 0.471 e. The van der Waals surface area contributed by atoms with Crippen LogP contribution in [0, 0.1) is 0 Å². The Morgan fingerprint density at radius 2 is 2.04 bits per heavy atom. The molecule has 1 aliphatic carbocycles. The van der Waals surface area contributed by atoms with E-state index in [1.165, 1.54) is 12.2 Å². The van der Waals surface area contributed by atoms with Crippen molar-refractivity contribution < 1.29 is 32.2 Å². The quantitative estimate of drug-likeness (QED) is 0.498. The van der Waals surface area contributed by atoms with Gasteiger partial charge in [0.05, 0.1) is 18.2 Å². The van der Waals surface area contributed by atoms with Crippen molar-refractivity contribution in [3.05, 3.63) is 24.3 Å². The lowest BCUT2D eigenvalue weighted by Gasteiger charge is -2.36. The van der Waals surface area contributed by atoms with E-state index in [9.17, 15) is 22.8 Å². The van der Waals surface area contributed by atoms with Crippen LogP contribution in [0.2, 0.25) is 0 Å². The Hall–Kier alpha value is -1.87. The topological polar surface area (TPSA) is 90.6 Å². The van der Waals surface area contributed by atoms with Gasteiger partial charge in [0, 0.05) is 11.6 Å². The summed E-state index contributed by atoms with van der Waals surface area (Å²) >= 11 is 0. The minimum absolute atomic E-state index is 0.00226. The van der Waals surface area contributed by atoms with Crippen LogP contribution >= 0.6 is 0 Å². The molecule has 0 aromatic heterocycles. The molecule has 0 aromatic rings. The van der Waals surface area contributed by atoms with Gasteiger partial charge in [-0.05, 0) is 25.3 Å². The molecule has 26 heavy (non-hydrogen) atoms. The Bertz CT molecular complexity index is 545. The highest BCUT2D eigenvalue weighted by atomic mass is 19.4. The van der Waals surface area contributed by atoms with E-state index in [1.807, 2.05) is 19.2 Å². The number of rotatable bonds is 8. The molecule has 6 nitrogen and oxygen atoms in total. The number of nitrogens with two attached hydrogens (primary N) is 1. The number of amides is 1. The molecule has 3 atom stereocenters. The third-order valence-electron chi connectivity index (χ3n) is 4.05. The van der Waals surface area contributed by atoms with Gasteiger partial charge in [-0.2, -0.15) is 13.2 Å². The first-order valence-electron chi connectivity index (χ1n) is 8.41. The fourth-order valence-electron chi connectivity index (χ4n) is 2.62. The van der Waals surface area contributed by atoms with Crippen molar-refractivity contribution in [2.75, 3.05) is 6.61 Å². The molecule has 0 heterocycles. The van der Waals surface area contributed by atoms with Gasteiger partial charge in [-0.1, -0.05) is 26.5 Å². The summed E-state index contributed by atoms with van der Waals surface area (Å²) in [4.78, 5) is 23.4. The van der Waals surface area contributed by atoms with Crippen molar-refractivity contribution in [2.45, 2.75) is 63.6 Å². The van der Waals surface area contributed by atoms with Gasteiger partial charge in [-0.3, -0.25) is 4.79 Å². The van der Waals surface area contributed by atoms with Crippen LogP contribution in [-0.4, -0.2) is 49.0 Å². The van der Waals surface area contributed by atoms with Crippen LogP contribution in [0.4, 0.5) is 13.2 Å². The Balaban J connectivity index is 3.06. The van der Waals surface area contributed by atoms with Crippen LogP contribution in [0.1, 0.15) is 33.1 Å². The molecule has 1 aliphatic rings. The molecule has 0 fully saturated rings. The number of esters is 1. The van der Waals surface area contributed by atoms with Crippen molar-refractivity contribution in [3.8, 4) is 0 Å². The molecule has 0 saturated heterocycles. The van der Waals surface area contributed by atoms with E-state index in [0.717, 1.165) is 0 Å². The van der Waals surface area contributed by atoms with Gasteiger partial charge in [0.1, 0.15) is 6.61 Å². The predicted molar refractivity (Wildman–Crippen MR) is 89.1 cm³/mol. The zero-order valence-corrected chi connectivity index (χ0v) is 14.8. The summed E-state index contributed by atoms with van der Waals surface area (Å²) in [6.45, 7) is 7.16. The summed E-state index contributed by atoms with van der Waals surface area (Å²) in [5, 5.41) is 1.89. The van der Waals surface area contributed by atoms with Crippen molar-refractivity contribution in [1.82, 2.24) is 5.32 Å². The molecule has 0 saturated carbocycles. The minimum Gasteiger partial charge on any atom is -0.458 e. The van der Waals surface area contributed by atoms with Gasteiger partial charge in [0.2, 0.25) is 0 Å². The maximum atomic E-state index is 12.6. The first kappa shape index (κ1) is 22.2. The van der Waals surface area contributed by atoms with Crippen molar-refractivity contribution in [2.24, 2.45) is 5.73 Å². The fraction of sp³-hybridized carbons (Fsp3) is 0.647. The Morgan fingerprint density at radius 1 is 1.42 bits per heavy atom. The highest BCUT2D eigenvalue weighted by Crippen LogP contribution is 2.25. The number of carbonyl (C=O) groups excluding carboxylic acids is 2. The van der Waals surface area contributed by atoms with Gasteiger partial charge in [-0.25, -0.2) is 4.79 Å². The van der Waals surface area contributed by atoms with Crippen molar-refractivity contribution >= 4 is 11.9 Å². The van der Waals surface area contributed by atoms with Gasteiger partial charge < -0.3 is 20.5 Å². The number of nitrogens with one attached hydrogen (secondary N) is 1. The summed E-state index contributed by atoms with van der Waals surface area (Å²) in [7, 11) is 0. The molecular formula is C17H25F3N2O4. The summed E-state index contributed by atoms with van der Waals surface area (Å²) in [6.07, 6.45) is -2.29. The molecule has 1 amide bonds. The second-order valence-electron chi connectivity index (χ2n) is 5.98. The predicted octanol–water partition coefficient (Wildman–Crippen LogP) is 1.99. The van der Waals surface area contributed by atoms with E-state index >= 15 is 0 Å². The van der Waals surface area contributed by atoms with E-state index in [0.29, 0.717) is 12.8 Å². The van der Waals surface area contributed by atoms with Gasteiger partial charge in [0.15, 0.2) is 0 Å². The third kappa shape index (κ3) is 6.14. The van der Waals surface area contributed by atoms with E-state index in [2.05, 4.69) is 6.58 Å². The molecule has 0 radical (unpaired) electrons. The molecule has 0 aliphatic heterocycles. The second kappa shape index (κ2) is 9.72. The zero-order valence-electron chi connectivity index (χ0n) is 14.8. The van der Waals surface area contributed by atoms with Crippen molar-refractivity contribution in [3.63, 3.8) is 0 Å². The minimum atomic E-state index is -5.04. The first-order valence-corrected chi connectivity index (χ1v) is 8.41. The first-order chi connectivity index (χ1) is 12.1. The highest BCUT2D eigenvalue weighted by Gasteiger charge is 2.44. The van der Waals surface area contributed by atoms with Crippen molar-refractivity contribution in [1.29, 1.82) is 0 Å². The van der Waals surface area contributed by atoms with Crippen LogP contribution < -0.4 is 11.1 Å². The Kier molecular flexibility index (Phi) is 8.29. The molecule has 148 valence electrons. The normalized spacial score (nSPS) is 23.3.